The van der Waals surface area contributed by atoms with Gasteiger partial charge in [-0.3, -0.25) is 9.59 Å². The molecule has 1 atom stereocenters. The molecule has 5 nitrogen and oxygen atoms in total. The molecule has 1 N–H and O–H groups in total. The Kier molecular flexibility index (Phi) is 5.06. The van der Waals surface area contributed by atoms with Crippen molar-refractivity contribution in [1.29, 1.82) is 0 Å². The summed E-state index contributed by atoms with van der Waals surface area (Å²) in [5.41, 5.74) is 0.364. The van der Waals surface area contributed by atoms with Crippen LogP contribution >= 0.6 is 0 Å². The molecule has 5 heteroatoms. The minimum atomic E-state index is -0.851. The molecule has 22 heavy (non-hydrogen) atoms. The molecule has 0 bridgehead atoms. The van der Waals surface area contributed by atoms with E-state index in [0.717, 1.165) is 6.42 Å². The highest BCUT2D eigenvalue weighted by Gasteiger charge is 2.39. The monoisotopic (exact) mass is 305 g/mol. The molecule has 1 heterocycles. The Morgan fingerprint density at radius 2 is 2.00 bits per heavy atom. The van der Waals surface area contributed by atoms with Crippen molar-refractivity contribution in [3.05, 3.63) is 29.8 Å². The van der Waals surface area contributed by atoms with E-state index >= 15 is 0 Å². The third-order valence-electron chi connectivity index (χ3n) is 4.26. The van der Waals surface area contributed by atoms with Gasteiger partial charge in [0.1, 0.15) is 5.75 Å². The van der Waals surface area contributed by atoms with Crippen LogP contribution in [0.25, 0.3) is 0 Å². The second-order valence-corrected chi connectivity index (χ2v) is 6.07. The molecule has 0 radical (unpaired) electrons. The topological polar surface area (TPSA) is 66.8 Å². The molecule has 1 aliphatic heterocycles. The molecular weight excluding hydrogens is 282 g/mol. The van der Waals surface area contributed by atoms with Crippen molar-refractivity contribution >= 4 is 11.9 Å². The van der Waals surface area contributed by atoms with Gasteiger partial charge in [-0.25, -0.2) is 0 Å². The molecule has 1 amide bonds. The van der Waals surface area contributed by atoms with E-state index in [1.165, 1.54) is 5.56 Å². The van der Waals surface area contributed by atoms with Crippen LogP contribution in [-0.2, 0) is 16.0 Å². The summed E-state index contributed by atoms with van der Waals surface area (Å²) in [5.74, 6) is -0.351. The average molecular weight is 305 g/mol. The lowest BCUT2D eigenvalue weighted by molar-refractivity contribution is -0.153. The number of nitrogens with zero attached hydrogens (tertiary/aromatic N) is 1. The lowest BCUT2D eigenvalue weighted by Gasteiger charge is -2.37. The highest BCUT2D eigenvalue weighted by atomic mass is 16.5. The fourth-order valence-corrected chi connectivity index (χ4v) is 2.68. The quantitative estimate of drug-likeness (QED) is 0.906. The van der Waals surface area contributed by atoms with Crippen molar-refractivity contribution in [3.63, 3.8) is 0 Å². The summed E-state index contributed by atoms with van der Waals surface area (Å²) in [7, 11) is 0. The van der Waals surface area contributed by atoms with Crippen LogP contribution < -0.4 is 4.74 Å². The highest BCUT2D eigenvalue weighted by molar-refractivity contribution is 5.80. The number of carbonyl (C=O) groups is 2. The summed E-state index contributed by atoms with van der Waals surface area (Å²) in [4.78, 5) is 25.1. The number of amides is 1. The number of hydrogen-bond acceptors (Lipinski definition) is 3. The number of piperidine rings is 1. The lowest BCUT2D eigenvalue weighted by atomic mass is 9.82. The van der Waals surface area contributed by atoms with E-state index in [9.17, 15) is 14.7 Å². The van der Waals surface area contributed by atoms with Gasteiger partial charge < -0.3 is 14.7 Å². The van der Waals surface area contributed by atoms with Crippen LogP contribution in [0.2, 0.25) is 0 Å². The molecule has 0 aromatic heterocycles. The Balaban J connectivity index is 1.90. The van der Waals surface area contributed by atoms with Crippen LogP contribution in [0.5, 0.6) is 5.75 Å². The number of likely N-dealkylation sites (tertiary alicyclic amines) is 1. The van der Waals surface area contributed by atoms with E-state index in [0.29, 0.717) is 25.1 Å². The maximum Gasteiger partial charge on any atom is 0.311 e. The Hall–Kier alpha value is -2.04. The van der Waals surface area contributed by atoms with Crippen molar-refractivity contribution in [3.8, 4) is 5.75 Å². The Labute approximate surface area is 130 Å². The summed E-state index contributed by atoms with van der Waals surface area (Å²) in [6.45, 7) is 4.56. The number of carboxylic acid groups (broad SMARTS) is 1. The summed E-state index contributed by atoms with van der Waals surface area (Å²) in [5, 5.41) is 9.29. The summed E-state index contributed by atoms with van der Waals surface area (Å²) in [6, 6.07) is 7.65. The molecule has 2 rings (SSSR count). The molecule has 1 fully saturated rings. The van der Waals surface area contributed by atoms with Crippen molar-refractivity contribution < 1.29 is 19.4 Å². The fourth-order valence-electron chi connectivity index (χ4n) is 2.68. The number of hydrogen-bond donors (Lipinski definition) is 1. The molecule has 1 unspecified atom stereocenters. The molecule has 0 spiro atoms. The fraction of sp³-hybridized carbons (Fsp3) is 0.529. The van der Waals surface area contributed by atoms with Gasteiger partial charge in [-0.05, 0) is 43.9 Å². The number of aryl methyl sites for hydroxylation is 1. The normalized spacial score (nSPS) is 21.5. The number of rotatable bonds is 5. The van der Waals surface area contributed by atoms with Crippen LogP contribution in [0.1, 0.15) is 32.3 Å². The van der Waals surface area contributed by atoms with Crippen molar-refractivity contribution in [1.82, 2.24) is 4.90 Å². The van der Waals surface area contributed by atoms with E-state index in [1.807, 2.05) is 24.3 Å². The molecule has 1 aromatic carbocycles. The third kappa shape index (κ3) is 3.78. The van der Waals surface area contributed by atoms with Gasteiger partial charge in [0.2, 0.25) is 0 Å². The van der Waals surface area contributed by atoms with Gasteiger partial charge in [0.25, 0.3) is 5.91 Å². The first-order chi connectivity index (χ1) is 10.4. The van der Waals surface area contributed by atoms with Crippen LogP contribution in [0, 0.1) is 5.41 Å². The molecule has 120 valence electrons. The minimum absolute atomic E-state index is 0.0544. The second-order valence-electron chi connectivity index (χ2n) is 6.07. The average Bonchev–Trinajstić information content (AvgIpc) is 2.53. The Bertz CT molecular complexity index is 540. The maximum absolute atomic E-state index is 12.2. The third-order valence-corrected chi connectivity index (χ3v) is 4.26. The zero-order valence-corrected chi connectivity index (χ0v) is 13.2. The van der Waals surface area contributed by atoms with E-state index in [1.54, 1.807) is 11.8 Å². The van der Waals surface area contributed by atoms with E-state index in [4.69, 9.17) is 4.74 Å². The predicted octanol–water partition coefficient (Wildman–Crippen LogP) is 2.34. The van der Waals surface area contributed by atoms with E-state index in [2.05, 4.69) is 6.92 Å². The Morgan fingerprint density at radius 3 is 2.59 bits per heavy atom. The van der Waals surface area contributed by atoms with Crippen LogP contribution in [0.3, 0.4) is 0 Å². The summed E-state index contributed by atoms with van der Waals surface area (Å²) in [6.07, 6.45) is 2.27. The van der Waals surface area contributed by atoms with Crippen LogP contribution in [0.4, 0.5) is 0 Å². The first-order valence-electron chi connectivity index (χ1n) is 7.67. The van der Waals surface area contributed by atoms with E-state index in [-0.39, 0.29) is 19.1 Å². The number of aliphatic carboxylic acids is 1. The van der Waals surface area contributed by atoms with Crippen molar-refractivity contribution in [2.75, 3.05) is 19.7 Å². The van der Waals surface area contributed by atoms with Gasteiger partial charge in [0.15, 0.2) is 6.61 Å². The van der Waals surface area contributed by atoms with Gasteiger partial charge >= 0.3 is 5.97 Å². The number of benzene rings is 1. The smallest absolute Gasteiger partial charge is 0.311 e. The van der Waals surface area contributed by atoms with Crippen LogP contribution in [-0.4, -0.2) is 41.6 Å². The SMILES string of the molecule is CCc1ccc(OCC(=O)N2CCCC(C)(C(=O)O)C2)cc1. The van der Waals surface area contributed by atoms with Gasteiger partial charge in [-0.15, -0.1) is 0 Å². The molecule has 0 aliphatic carbocycles. The summed E-state index contributed by atoms with van der Waals surface area (Å²) >= 11 is 0. The Morgan fingerprint density at radius 1 is 1.32 bits per heavy atom. The minimum Gasteiger partial charge on any atom is -0.484 e. The molecule has 1 aliphatic rings. The van der Waals surface area contributed by atoms with E-state index < -0.39 is 11.4 Å². The largest absolute Gasteiger partial charge is 0.484 e. The predicted molar refractivity (Wildman–Crippen MR) is 82.9 cm³/mol. The highest BCUT2D eigenvalue weighted by Crippen LogP contribution is 2.29. The van der Waals surface area contributed by atoms with Crippen LogP contribution in [0.15, 0.2) is 24.3 Å². The van der Waals surface area contributed by atoms with Gasteiger partial charge in [0.05, 0.1) is 5.41 Å². The zero-order chi connectivity index (χ0) is 16.2. The number of carboxylic acids is 1. The zero-order valence-electron chi connectivity index (χ0n) is 13.2. The molecule has 1 saturated heterocycles. The standard InChI is InChI=1S/C17H23NO4/c1-3-13-5-7-14(8-6-13)22-11-15(19)18-10-4-9-17(2,12-18)16(20)21/h5-8H,3-4,9-12H2,1-2H3,(H,20,21). The van der Waals surface area contributed by atoms with Crippen molar-refractivity contribution in [2.24, 2.45) is 5.41 Å². The second kappa shape index (κ2) is 6.81. The number of ether oxygens (including phenoxy) is 1. The van der Waals surface area contributed by atoms with Gasteiger partial charge in [0, 0.05) is 13.1 Å². The molecular formula is C17H23NO4. The van der Waals surface area contributed by atoms with Crippen molar-refractivity contribution in [2.45, 2.75) is 33.1 Å². The van der Waals surface area contributed by atoms with Gasteiger partial charge in [-0.1, -0.05) is 19.1 Å². The lowest BCUT2D eigenvalue weighted by Crippen LogP contribution is -2.49. The first kappa shape index (κ1) is 16.3. The maximum atomic E-state index is 12.2. The first-order valence-corrected chi connectivity index (χ1v) is 7.67. The van der Waals surface area contributed by atoms with Gasteiger partial charge in [-0.2, -0.15) is 0 Å². The molecule has 0 saturated carbocycles. The molecule has 1 aromatic rings. The number of carbonyl (C=O) groups excluding carboxylic acids is 1. The summed E-state index contributed by atoms with van der Waals surface area (Å²) < 4.78 is 5.51.